The second-order valence-electron chi connectivity index (χ2n) is 5.81. The van der Waals surface area contributed by atoms with E-state index in [9.17, 15) is 9.59 Å². The lowest BCUT2D eigenvalue weighted by molar-refractivity contribution is -0.0328. The molecule has 154 valence electrons. The number of aromatic carboxylic acids is 2. The van der Waals surface area contributed by atoms with Crippen molar-refractivity contribution in [3.63, 3.8) is 0 Å². The van der Waals surface area contributed by atoms with Crippen molar-refractivity contribution >= 4 is 11.9 Å². The van der Waals surface area contributed by atoms with E-state index in [4.69, 9.17) is 40.9 Å². The minimum Gasteiger partial charge on any atom is -0.478 e. The molecule has 0 heterocycles. The monoisotopic (exact) mass is 390 g/mol. The number of carbonyl (C=O) groups is 2. The Morgan fingerprint density at radius 3 is 1.11 bits per heavy atom. The van der Waals surface area contributed by atoms with Gasteiger partial charge in [-0.2, -0.15) is 0 Å². The molecule has 10 heteroatoms. The Kier molecular flexibility index (Phi) is 11.4. The van der Waals surface area contributed by atoms with E-state index in [1.165, 1.54) is 12.1 Å². The van der Waals surface area contributed by atoms with Crippen LogP contribution in [0.1, 0.15) is 31.8 Å². The second kappa shape index (κ2) is 12.3. The van der Waals surface area contributed by atoms with Crippen molar-refractivity contribution in [1.29, 1.82) is 0 Å². The van der Waals surface area contributed by atoms with Crippen LogP contribution in [-0.4, -0.2) is 92.4 Å². The molecular formula is C17H26O10. The van der Waals surface area contributed by atoms with Crippen molar-refractivity contribution in [2.24, 2.45) is 5.41 Å². The van der Waals surface area contributed by atoms with Crippen LogP contribution in [0.5, 0.6) is 0 Å². The Balaban J connectivity index is 0.000000636. The van der Waals surface area contributed by atoms with Crippen LogP contribution in [0.25, 0.3) is 0 Å². The Morgan fingerprint density at radius 2 is 0.963 bits per heavy atom. The fourth-order valence-electron chi connectivity index (χ4n) is 2.19. The SMILES string of the molecule is O=C(O)c1ccc(C(=O)O)c(CCO)c1CCO.OCC(CO)(CO)CO. The van der Waals surface area contributed by atoms with Gasteiger partial charge in [-0.1, -0.05) is 0 Å². The fraction of sp³-hybridized carbons (Fsp3) is 0.529. The van der Waals surface area contributed by atoms with E-state index in [-0.39, 0.29) is 48.3 Å². The molecule has 0 amide bonds. The average Bonchev–Trinajstić information content (AvgIpc) is 2.65. The summed E-state index contributed by atoms with van der Waals surface area (Å²) in [5, 5.41) is 69.9. The van der Waals surface area contributed by atoms with Gasteiger partial charge in [-0.3, -0.25) is 0 Å². The van der Waals surface area contributed by atoms with Crippen LogP contribution in [-0.2, 0) is 12.8 Å². The molecule has 0 aliphatic carbocycles. The highest BCUT2D eigenvalue weighted by molar-refractivity contribution is 5.95. The third kappa shape index (κ3) is 6.86. The molecule has 0 saturated heterocycles. The van der Waals surface area contributed by atoms with E-state index in [2.05, 4.69) is 0 Å². The Bertz CT molecular complexity index is 549. The number of benzene rings is 1. The third-order valence-corrected chi connectivity index (χ3v) is 3.96. The van der Waals surface area contributed by atoms with Gasteiger partial charge in [-0.25, -0.2) is 9.59 Å². The highest BCUT2D eigenvalue weighted by atomic mass is 16.4. The summed E-state index contributed by atoms with van der Waals surface area (Å²) in [7, 11) is 0. The first-order valence-corrected chi connectivity index (χ1v) is 8.03. The Labute approximate surface area is 155 Å². The molecule has 0 spiro atoms. The summed E-state index contributed by atoms with van der Waals surface area (Å²) >= 11 is 0. The number of carboxylic acids is 2. The zero-order chi connectivity index (χ0) is 21.0. The molecule has 1 rings (SSSR count). The molecule has 0 radical (unpaired) electrons. The van der Waals surface area contributed by atoms with E-state index in [0.717, 1.165) is 0 Å². The number of hydrogen-bond acceptors (Lipinski definition) is 8. The second-order valence-corrected chi connectivity index (χ2v) is 5.81. The van der Waals surface area contributed by atoms with Crippen molar-refractivity contribution in [3.05, 3.63) is 34.4 Å². The first kappa shape index (κ1) is 24.9. The van der Waals surface area contributed by atoms with Gasteiger partial charge in [0.1, 0.15) is 0 Å². The summed E-state index contributed by atoms with van der Waals surface area (Å²) in [5.74, 6) is -2.37. The summed E-state index contributed by atoms with van der Waals surface area (Å²) in [4.78, 5) is 22.1. The fourth-order valence-corrected chi connectivity index (χ4v) is 2.19. The molecule has 0 aromatic heterocycles. The molecular weight excluding hydrogens is 364 g/mol. The van der Waals surface area contributed by atoms with Gasteiger partial charge in [0.05, 0.1) is 43.0 Å². The van der Waals surface area contributed by atoms with Gasteiger partial charge in [-0.05, 0) is 36.1 Å². The summed E-state index contributed by atoms with van der Waals surface area (Å²) in [5.41, 5.74) is -0.673. The van der Waals surface area contributed by atoms with Crippen molar-refractivity contribution in [1.82, 2.24) is 0 Å². The van der Waals surface area contributed by atoms with Gasteiger partial charge < -0.3 is 40.9 Å². The highest BCUT2D eigenvalue weighted by Gasteiger charge is 2.26. The van der Waals surface area contributed by atoms with Gasteiger partial charge >= 0.3 is 11.9 Å². The molecule has 0 fully saturated rings. The molecule has 0 bridgehead atoms. The first-order valence-electron chi connectivity index (χ1n) is 8.03. The zero-order valence-corrected chi connectivity index (χ0v) is 14.7. The van der Waals surface area contributed by atoms with Crippen LogP contribution >= 0.6 is 0 Å². The number of carboxylic acid groups (broad SMARTS) is 2. The molecule has 0 aliphatic heterocycles. The van der Waals surface area contributed by atoms with Crippen LogP contribution < -0.4 is 0 Å². The van der Waals surface area contributed by atoms with E-state index in [0.29, 0.717) is 0 Å². The van der Waals surface area contributed by atoms with Gasteiger partial charge in [0.2, 0.25) is 0 Å². The van der Waals surface area contributed by atoms with Gasteiger partial charge in [0.15, 0.2) is 0 Å². The predicted molar refractivity (Wildman–Crippen MR) is 92.7 cm³/mol. The van der Waals surface area contributed by atoms with Crippen LogP contribution in [0.3, 0.4) is 0 Å². The number of hydrogen-bond donors (Lipinski definition) is 8. The molecule has 0 aliphatic rings. The maximum Gasteiger partial charge on any atom is 0.335 e. The number of aliphatic hydroxyl groups excluding tert-OH is 6. The average molecular weight is 390 g/mol. The van der Waals surface area contributed by atoms with Crippen molar-refractivity contribution < 1.29 is 50.4 Å². The lowest BCUT2D eigenvalue weighted by Crippen LogP contribution is -2.37. The molecule has 0 saturated carbocycles. The minimum atomic E-state index is -1.19. The highest BCUT2D eigenvalue weighted by Crippen LogP contribution is 2.21. The Hall–Kier alpha value is -2.08. The van der Waals surface area contributed by atoms with Crippen LogP contribution in [0, 0.1) is 5.41 Å². The zero-order valence-electron chi connectivity index (χ0n) is 14.7. The summed E-state index contributed by atoms with van der Waals surface area (Å²) in [6.45, 7) is -2.20. The summed E-state index contributed by atoms with van der Waals surface area (Å²) < 4.78 is 0. The minimum absolute atomic E-state index is 0.0398. The maximum absolute atomic E-state index is 11.0. The van der Waals surface area contributed by atoms with Crippen molar-refractivity contribution in [2.45, 2.75) is 12.8 Å². The van der Waals surface area contributed by atoms with Crippen LogP contribution in [0.15, 0.2) is 12.1 Å². The van der Waals surface area contributed by atoms with Gasteiger partial charge in [0.25, 0.3) is 0 Å². The summed E-state index contributed by atoms with van der Waals surface area (Å²) in [6.07, 6.45) is 0.0795. The lowest BCUT2D eigenvalue weighted by Gasteiger charge is -2.23. The molecule has 1 aromatic carbocycles. The standard InChI is InChI=1S/C12H14O6.C5H12O4/c13-5-3-7-8(4-6-14)10(12(17)18)2-1-9(7)11(15)16;6-1-5(2-7,3-8)4-9/h1-2,13-14H,3-6H2,(H,15,16)(H,17,18);6-9H,1-4H2. The smallest absolute Gasteiger partial charge is 0.335 e. The quantitative estimate of drug-likeness (QED) is 0.223. The van der Waals surface area contributed by atoms with Crippen LogP contribution in [0.2, 0.25) is 0 Å². The molecule has 10 nitrogen and oxygen atoms in total. The normalized spacial score (nSPS) is 10.9. The molecule has 1 aromatic rings. The van der Waals surface area contributed by atoms with E-state index in [1.807, 2.05) is 0 Å². The van der Waals surface area contributed by atoms with E-state index in [1.54, 1.807) is 0 Å². The lowest BCUT2D eigenvalue weighted by atomic mass is 9.92. The third-order valence-electron chi connectivity index (χ3n) is 3.96. The van der Waals surface area contributed by atoms with Gasteiger partial charge in [-0.15, -0.1) is 0 Å². The molecule has 0 unspecified atom stereocenters. The molecule has 0 atom stereocenters. The maximum atomic E-state index is 11.0. The van der Waals surface area contributed by atoms with E-state index >= 15 is 0 Å². The number of aliphatic hydroxyl groups is 6. The topological polar surface area (TPSA) is 196 Å². The largest absolute Gasteiger partial charge is 0.478 e. The first-order chi connectivity index (χ1) is 12.8. The molecule has 8 N–H and O–H groups in total. The number of rotatable bonds is 10. The predicted octanol–water partition coefficient (Wildman–Crippen LogP) is -1.91. The van der Waals surface area contributed by atoms with E-state index < -0.39 is 43.8 Å². The summed E-state index contributed by atoms with van der Waals surface area (Å²) in [6, 6.07) is 2.41. The van der Waals surface area contributed by atoms with Crippen molar-refractivity contribution in [3.8, 4) is 0 Å². The molecule has 27 heavy (non-hydrogen) atoms. The Morgan fingerprint density at radius 1 is 0.667 bits per heavy atom. The van der Waals surface area contributed by atoms with Crippen molar-refractivity contribution in [2.75, 3.05) is 39.6 Å². The van der Waals surface area contributed by atoms with Crippen LogP contribution in [0.4, 0.5) is 0 Å². The van der Waals surface area contributed by atoms with Gasteiger partial charge in [0, 0.05) is 13.2 Å².